The van der Waals surface area contributed by atoms with E-state index in [2.05, 4.69) is 10.4 Å². The van der Waals surface area contributed by atoms with Crippen LogP contribution in [0.15, 0.2) is 42.7 Å². The maximum atomic E-state index is 11.6. The number of ether oxygens (including phenoxy) is 1. The first-order valence-corrected chi connectivity index (χ1v) is 5.96. The highest BCUT2D eigenvalue weighted by atomic mass is 16.5. The van der Waals surface area contributed by atoms with Crippen molar-refractivity contribution < 1.29 is 9.53 Å². The number of anilines is 1. The van der Waals surface area contributed by atoms with Crippen molar-refractivity contribution in [2.45, 2.75) is 6.54 Å². The summed E-state index contributed by atoms with van der Waals surface area (Å²) in [6.45, 7) is 1.03. The summed E-state index contributed by atoms with van der Waals surface area (Å²) in [4.78, 5) is 11.6. The van der Waals surface area contributed by atoms with Crippen LogP contribution in [0.1, 0.15) is 0 Å². The van der Waals surface area contributed by atoms with Crippen molar-refractivity contribution in [2.24, 2.45) is 0 Å². The predicted molar refractivity (Wildman–Crippen MR) is 71.6 cm³/mol. The smallest absolute Gasteiger partial charge is 0.241 e. The highest BCUT2D eigenvalue weighted by Crippen LogP contribution is 2.07. The molecule has 6 heteroatoms. The number of carbonyl (C=O) groups excluding carboxylic acids is 1. The Morgan fingerprint density at radius 1 is 1.37 bits per heavy atom. The van der Waals surface area contributed by atoms with Crippen LogP contribution in [0.25, 0.3) is 0 Å². The first-order valence-electron chi connectivity index (χ1n) is 5.96. The molecule has 0 unspecified atom stereocenters. The molecule has 3 N–H and O–H groups in total. The zero-order chi connectivity index (χ0) is 13.5. The van der Waals surface area contributed by atoms with E-state index in [0.29, 0.717) is 18.8 Å². The largest absolute Gasteiger partial charge is 0.492 e. The molecule has 1 amide bonds. The van der Waals surface area contributed by atoms with Gasteiger partial charge in [0.2, 0.25) is 5.91 Å². The molecule has 1 heterocycles. The Kier molecular flexibility index (Phi) is 4.39. The lowest BCUT2D eigenvalue weighted by Gasteiger charge is -2.07. The Hall–Kier alpha value is -2.50. The topological polar surface area (TPSA) is 82.2 Å². The number of nitrogens with zero attached hydrogens (tertiary/aromatic N) is 2. The number of carbonyl (C=O) groups is 1. The number of rotatable bonds is 6. The third-order valence-corrected chi connectivity index (χ3v) is 2.39. The van der Waals surface area contributed by atoms with Crippen molar-refractivity contribution >= 4 is 11.6 Å². The van der Waals surface area contributed by atoms with Crippen LogP contribution in [-0.4, -0.2) is 28.8 Å². The predicted octanol–water partition coefficient (Wildman–Crippen LogP) is 0.660. The number of hydrogen-bond donors (Lipinski definition) is 2. The number of para-hydroxylation sites is 1. The van der Waals surface area contributed by atoms with Crippen LogP contribution in [0.3, 0.4) is 0 Å². The zero-order valence-electron chi connectivity index (χ0n) is 10.5. The summed E-state index contributed by atoms with van der Waals surface area (Å²) in [5.74, 6) is 0.663. The molecule has 6 nitrogen and oxygen atoms in total. The van der Waals surface area contributed by atoms with Crippen LogP contribution in [-0.2, 0) is 11.3 Å². The van der Waals surface area contributed by atoms with Gasteiger partial charge in [0.1, 0.15) is 18.9 Å². The van der Waals surface area contributed by atoms with Gasteiger partial charge in [0, 0.05) is 6.20 Å². The Labute approximate surface area is 111 Å². The number of nitrogens with one attached hydrogen (secondary N) is 1. The lowest BCUT2D eigenvalue weighted by Crippen LogP contribution is -2.31. The second-order valence-corrected chi connectivity index (χ2v) is 3.98. The SMILES string of the molecule is Nc1cnn(CC(=O)NCCOc2ccccc2)c1. The van der Waals surface area contributed by atoms with Gasteiger partial charge in [-0.25, -0.2) is 0 Å². The van der Waals surface area contributed by atoms with Crippen LogP contribution in [0.5, 0.6) is 5.75 Å². The zero-order valence-corrected chi connectivity index (χ0v) is 10.5. The molecule has 0 radical (unpaired) electrons. The second kappa shape index (κ2) is 6.44. The van der Waals surface area contributed by atoms with E-state index in [0.717, 1.165) is 5.75 Å². The third-order valence-electron chi connectivity index (χ3n) is 2.39. The molecule has 1 aromatic heterocycles. The third kappa shape index (κ3) is 4.34. The average Bonchev–Trinajstić information content (AvgIpc) is 2.81. The highest BCUT2D eigenvalue weighted by molar-refractivity contribution is 5.75. The van der Waals surface area contributed by atoms with Crippen molar-refractivity contribution in [1.82, 2.24) is 15.1 Å². The lowest BCUT2D eigenvalue weighted by molar-refractivity contribution is -0.121. The Balaban J connectivity index is 1.64. The number of nitrogens with two attached hydrogens (primary N) is 1. The fourth-order valence-electron chi connectivity index (χ4n) is 1.55. The maximum Gasteiger partial charge on any atom is 0.241 e. The summed E-state index contributed by atoms with van der Waals surface area (Å²) in [6.07, 6.45) is 3.12. The first-order chi connectivity index (χ1) is 9.24. The molecule has 0 aliphatic heterocycles. The minimum Gasteiger partial charge on any atom is -0.492 e. The molecule has 2 aromatic rings. The van der Waals surface area contributed by atoms with Gasteiger partial charge >= 0.3 is 0 Å². The summed E-state index contributed by atoms with van der Waals surface area (Å²) in [5, 5.41) is 6.68. The van der Waals surface area contributed by atoms with Gasteiger partial charge in [0.25, 0.3) is 0 Å². The van der Waals surface area contributed by atoms with E-state index in [9.17, 15) is 4.79 Å². The number of aromatic nitrogens is 2. The van der Waals surface area contributed by atoms with Crippen LogP contribution < -0.4 is 15.8 Å². The molecular formula is C13H16N4O2. The van der Waals surface area contributed by atoms with Crippen LogP contribution in [0.2, 0.25) is 0 Å². The Morgan fingerprint density at radius 3 is 2.84 bits per heavy atom. The molecular weight excluding hydrogens is 244 g/mol. The van der Waals surface area contributed by atoms with Crippen molar-refractivity contribution in [3.63, 3.8) is 0 Å². The van der Waals surface area contributed by atoms with E-state index < -0.39 is 0 Å². The van der Waals surface area contributed by atoms with Crippen LogP contribution in [0.4, 0.5) is 5.69 Å². The fourth-order valence-corrected chi connectivity index (χ4v) is 1.55. The van der Waals surface area contributed by atoms with E-state index >= 15 is 0 Å². The van der Waals surface area contributed by atoms with Gasteiger partial charge in [-0.1, -0.05) is 18.2 Å². The lowest BCUT2D eigenvalue weighted by atomic mass is 10.3. The van der Waals surface area contributed by atoms with Crippen molar-refractivity contribution in [2.75, 3.05) is 18.9 Å². The molecule has 0 saturated heterocycles. The van der Waals surface area contributed by atoms with Gasteiger partial charge in [-0.05, 0) is 12.1 Å². The van der Waals surface area contributed by atoms with Crippen molar-refractivity contribution in [3.05, 3.63) is 42.7 Å². The Morgan fingerprint density at radius 2 is 2.16 bits per heavy atom. The van der Waals surface area contributed by atoms with Crippen LogP contribution in [0, 0.1) is 0 Å². The fraction of sp³-hybridized carbons (Fsp3) is 0.231. The molecule has 0 aliphatic rings. The number of hydrogen-bond acceptors (Lipinski definition) is 4. The van der Waals surface area contributed by atoms with E-state index in [4.69, 9.17) is 10.5 Å². The van der Waals surface area contributed by atoms with Gasteiger partial charge in [-0.2, -0.15) is 5.10 Å². The molecule has 0 saturated carbocycles. The summed E-state index contributed by atoms with van der Waals surface area (Å²) < 4.78 is 6.94. The quantitative estimate of drug-likeness (QED) is 0.747. The first kappa shape index (κ1) is 12.9. The van der Waals surface area contributed by atoms with Crippen molar-refractivity contribution in [3.8, 4) is 5.75 Å². The van der Waals surface area contributed by atoms with Crippen molar-refractivity contribution in [1.29, 1.82) is 0 Å². The minimum absolute atomic E-state index is 0.125. The molecule has 0 atom stereocenters. The monoisotopic (exact) mass is 260 g/mol. The standard InChI is InChI=1S/C13H16N4O2/c14-11-8-16-17(9-11)10-13(18)15-6-7-19-12-4-2-1-3-5-12/h1-5,8-9H,6-7,10,14H2,(H,15,18). The summed E-state index contributed by atoms with van der Waals surface area (Å²) in [6, 6.07) is 9.46. The normalized spacial score (nSPS) is 10.1. The van der Waals surface area contributed by atoms with Gasteiger partial charge in [-0.3, -0.25) is 9.48 Å². The summed E-state index contributed by atoms with van der Waals surface area (Å²) in [5.41, 5.74) is 6.05. The van der Waals surface area contributed by atoms with E-state index in [1.165, 1.54) is 10.9 Å². The van der Waals surface area contributed by atoms with Gasteiger partial charge in [0.15, 0.2) is 0 Å². The minimum atomic E-state index is -0.125. The Bertz CT molecular complexity index is 524. The molecule has 2 rings (SSSR count). The van der Waals surface area contributed by atoms with Gasteiger partial charge in [0.05, 0.1) is 18.4 Å². The maximum absolute atomic E-state index is 11.6. The molecule has 0 bridgehead atoms. The van der Waals surface area contributed by atoms with E-state index in [1.54, 1.807) is 6.20 Å². The van der Waals surface area contributed by atoms with Gasteiger partial charge in [-0.15, -0.1) is 0 Å². The van der Waals surface area contributed by atoms with E-state index in [-0.39, 0.29) is 12.5 Å². The molecule has 0 spiro atoms. The number of nitrogen functional groups attached to an aromatic ring is 1. The average molecular weight is 260 g/mol. The second-order valence-electron chi connectivity index (χ2n) is 3.98. The molecule has 100 valence electrons. The molecule has 0 fully saturated rings. The van der Waals surface area contributed by atoms with E-state index in [1.807, 2.05) is 30.3 Å². The number of amides is 1. The van der Waals surface area contributed by atoms with Gasteiger partial charge < -0.3 is 15.8 Å². The summed E-state index contributed by atoms with van der Waals surface area (Å²) >= 11 is 0. The summed E-state index contributed by atoms with van der Waals surface area (Å²) in [7, 11) is 0. The van der Waals surface area contributed by atoms with Crippen LogP contribution >= 0.6 is 0 Å². The highest BCUT2D eigenvalue weighted by Gasteiger charge is 2.03. The molecule has 1 aromatic carbocycles. The molecule has 0 aliphatic carbocycles. The molecule has 19 heavy (non-hydrogen) atoms. The number of benzene rings is 1.